The molecule has 0 aliphatic carbocycles. The number of hydrogen-bond donors (Lipinski definition) is 0. The molecule has 0 aliphatic heterocycles. The number of benzene rings is 1. The molecular formula is C12H8F3NO2. The first kappa shape index (κ1) is 12.3. The monoisotopic (exact) mass is 255 g/mol. The van der Waals surface area contributed by atoms with Crippen molar-refractivity contribution in [2.24, 2.45) is 0 Å². The number of carbonyl (C=O) groups is 1. The maximum atomic E-state index is 12.4. The van der Waals surface area contributed by atoms with Gasteiger partial charge in [-0.2, -0.15) is 13.2 Å². The Morgan fingerprint density at radius 1 is 1.22 bits per heavy atom. The number of alkyl halides is 3. The van der Waals surface area contributed by atoms with Gasteiger partial charge in [0.05, 0.1) is 18.2 Å². The van der Waals surface area contributed by atoms with Gasteiger partial charge in [0.2, 0.25) is 0 Å². The number of pyridine rings is 1. The molecule has 3 nitrogen and oxygen atoms in total. The standard InChI is InChI=1S/C12H8F3NO2/c1-18-11(17)8-2-4-9-7(6-8)3-5-10(16-9)12(13,14)15/h2-6H,1H3. The quantitative estimate of drug-likeness (QED) is 0.735. The average molecular weight is 255 g/mol. The molecule has 1 heterocycles. The second kappa shape index (κ2) is 4.29. The van der Waals surface area contributed by atoms with E-state index in [1.165, 1.54) is 31.4 Å². The summed E-state index contributed by atoms with van der Waals surface area (Å²) < 4.78 is 41.8. The van der Waals surface area contributed by atoms with Crippen molar-refractivity contribution in [3.8, 4) is 0 Å². The summed E-state index contributed by atoms with van der Waals surface area (Å²) >= 11 is 0. The minimum Gasteiger partial charge on any atom is -0.465 e. The molecule has 0 bridgehead atoms. The lowest BCUT2D eigenvalue weighted by atomic mass is 10.1. The van der Waals surface area contributed by atoms with E-state index in [9.17, 15) is 18.0 Å². The Labute approximate surface area is 100 Å². The Morgan fingerprint density at radius 2 is 1.94 bits per heavy atom. The Kier molecular flexibility index (Phi) is 2.94. The molecule has 1 aromatic heterocycles. The minimum absolute atomic E-state index is 0.178. The number of ether oxygens (including phenoxy) is 1. The zero-order chi connectivity index (χ0) is 13.3. The van der Waals surface area contributed by atoms with Crippen LogP contribution in [0.25, 0.3) is 10.9 Å². The third-order valence-corrected chi connectivity index (χ3v) is 2.40. The topological polar surface area (TPSA) is 39.2 Å². The van der Waals surface area contributed by atoms with E-state index in [-0.39, 0.29) is 11.1 Å². The van der Waals surface area contributed by atoms with Crippen molar-refractivity contribution in [1.82, 2.24) is 4.98 Å². The van der Waals surface area contributed by atoms with E-state index < -0.39 is 17.8 Å². The van der Waals surface area contributed by atoms with E-state index in [1.807, 2.05) is 0 Å². The summed E-state index contributed by atoms with van der Waals surface area (Å²) in [5.74, 6) is -0.545. The second-order valence-corrected chi connectivity index (χ2v) is 3.59. The van der Waals surface area contributed by atoms with Crippen molar-refractivity contribution in [2.75, 3.05) is 7.11 Å². The van der Waals surface area contributed by atoms with Gasteiger partial charge in [0.1, 0.15) is 5.69 Å². The van der Waals surface area contributed by atoms with Crippen LogP contribution in [0.5, 0.6) is 0 Å². The molecule has 0 saturated heterocycles. The molecular weight excluding hydrogens is 247 g/mol. The number of fused-ring (bicyclic) bond motifs is 1. The summed E-state index contributed by atoms with van der Waals surface area (Å²) in [5.41, 5.74) is -0.509. The fourth-order valence-electron chi connectivity index (χ4n) is 1.53. The van der Waals surface area contributed by atoms with Crippen LogP contribution < -0.4 is 0 Å². The second-order valence-electron chi connectivity index (χ2n) is 3.59. The molecule has 6 heteroatoms. The first-order valence-corrected chi connectivity index (χ1v) is 4.98. The first-order valence-electron chi connectivity index (χ1n) is 4.98. The fraction of sp³-hybridized carbons (Fsp3) is 0.167. The largest absolute Gasteiger partial charge is 0.465 e. The highest BCUT2D eigenvalue weighted by Crippen LogP contribution is 2.29. The van der Waals surface area contributed by atoms with E-state index in [2.05, 4.69) is 9.72 Å². The number of halogens is 3. The molecule has 0 N–H and O–H groups in total. The number of aromatic nitrogens is 1. The number of methoxy groups -OCH3 is 1. The van der Waals surface area contributed by atoms with Crippen molar-refractivity contribution >= 4 is 16.9 Å². The molecule has 2 aromatic rings. The van der Waals surface area contributed by atoms with Gasteiger partial charge in [0.15, 0.2) is 0 Å². The lowest BCUT2D eigenvalue weighted by Gasteiger charge is -2.07. The van der Waals surface area contributed by atoms with E-state index in [0.717, 1.165) is 6.07 Å². The summed E-state index contributed by atoms with van der Waals surface area (Å²) in [6.45, 7) is 0. The van der Waals surface area contributed by atoms with Gasteiger partial charge in [-0.15, -0.1) is 0 Å². The van der Waals surface area contributed by atoms with Crippen molar-refractivity contribution < 1.29 is 22.7 Å². The maximum Gasteiger partial charge on any atom is 0.433 e. The molecule has 0 spiro atoms. The predicted molar refractivity (Wildman–Crippen MR) is 58.1 cm³/mol. The molecule has 0 radical (unpaired) electrons. The molecule has 94 valence electrons. The molecule has 1 aromatic carbocycles. The van der Waals surface area contributed by atoms with Gasteiger partial charge in [-0.05, 0) is 24.3 Å². The molecule has 0 fully saturated rings. The van der Waals surface area contributed by atoms with Gasteiger partial charge in [0, 0.05) is 5.39 Å². The molecule has 0 unspecified atom stereocenters. The van der Waals surface area contributed by atoms with Gasteiger partial charge in [-0.1, -0.05) is 6.07 Å². The average Bonchev–Trinajstić information content (AvgIpc) is 2.35. The van der Waals surface area contributed by atoms with E-state index in [1.54, 1.807) is 0 Å². The first-order chi connectivity index (χ1) is 8.41. The van der Waals surface area contributed by atoms with Crippen LogP contribution in [0.1, 0.15) is 16.1 Å². The van der Waals surface area contributed by atoms with Crippen LogP contribution >= 0.6 is 0 Å². The Balaban J connectivity index is 2.52. The predicted octanol–water partition coefficient (Wildman–Crippen LogP) is 3.04. The Morgan fingerprint density at radius 3 is 2.56 bits per heavy atom. The van der Waals surface area contributed by atoms with E-state index >= 15 is 0 Å². The SMILES string of the molecule is COC(=O)c1ccc2nc(C(F)(F)F)ccc2c1. The smallest absolute Gasteiger partial charge is 0.433 e. The van der Waals surface area contributed by atoms with Crippen LogP contribution in [-0.2, 0) is 10.9 Å². The van der Waals surface area contributed by atoms with Gasteiger partial charge in [-0.3, -0.25) is 0 Å². The Bertz CT molecular complexity index is 608. The van der Waals surface area contributed by atoms with Gasteiger partial charge in [-0.25, -0.2) is 9.78 Å². The van der Waals surface area contributed by atoms with Gasteiger partial charge >= 0.3 is 12.1 Å². The zero-order valence-electron chi connectivity index (χ0n) is 9.28. The molecule has 2 rings (SSSR count). The molecule has 0 aliphatic rings. The zero-order valence-corrected chi connectivity index (χ0v) is 9.28. The fourth-order valence-corrected chi connectivity index (χ4v) is 1.53. The lowest BCUT2D eigenvalue weighted by Crippen LogP contribution is -2.07. The van der Waals surface area contributed by atoms with Crippen molar-refractivity contribution in [1.29, 1.82) is 0 Å². The summed E-state index contributed by atoms with van der Waals surface area (Å²) in [6.07, 6.45) is -4.48. The van der Waals surface area contributed by atoms with Crippen LogP contribution in [0.15, 0.2) is 30.3 Å². The van der Waals surface area contributed by atoms with Crippen LogP contribution in [0.3, 0.4) is 0 Å². The Hall–Kier alpha value is -2.11. The van der Waals surface area contributed by atoms with E-state index in [4.69, 9.17) is 0 Å². The van der Waals surface area contributed by atoms with Crippen LogP contribution in [0.4, 0.5) is 13.2 Å². The summed E-state index contributed by atoms with van der Waals surface area (Å²) in [6, 6.07) is 6.33. The van der Waals surface area contributed by atoms with Crippen LogP contribution in [0, 0.1) is 0 Å². The number of carbonyl (C=O) groups excluding carboxylic acids is 1. The third kappa shape index (κ3) is 2.27. The van der Waals surface area contributed by atoms with Crippen LogP contribution in [0.2, 0.25) is 0 Å². The number of esters is 1. The highest BCUT2D eigenvalue weighted by Gasteiger charge is 2.32. The lowest BCUT2D eigenvalue weighted by molar-refractivity contribution is -0.140. The van der Waals surface area contributed by atoms with Crippen LogP contribution in [-0.4, -0.2) is 18.1 Å². The number of nitrogens with zero attached hydrogens (tertiary/aromatic N) is 1. The highest BCUT2D eigenvalue weighted by atomic mass is 19.4. The van der Waals surface area contributed by atoms with Crippen molar-refractivity contribution in [2.45, 2.75) is 6.18 Å². The minimum atomic E-state index is -4.48. The summed E-state index contributed by atoms with van der Waals surface area (Å²) in [5, 5.41) is 0.450. The molecule has 0 atom stereocenters. The van der Waals surface area contributed by atoms with E-state index in [0.29, 0.717) is 5.39 Å². The van der Waals surface area contributed by atoms with Crippen molar-refractivity contribution in [3.05, 3.63) is 41.6 Å². The van der Waals surface area contributed by atoms with Gasteiger partial charge in [0.25, 0.3) is 0 Å². The normalized spacial score (nSPS) is 11.6. The van der Waals surface area contributed by atoms with Crippen molar-refractivity contribution in [3.63, 3.8) is 0 Å². The molecule has 18 heavy (non-hydrogen) atoms. The third-order valence-electron chi connectivity index (χ3n) is 2.40. The summed E-state index contributed by atoms with van der Waals surface area (Å²) in [4.78, 5) is 14.8. The summed E-state index contributed by atoms with van der Waals surface area (Å²) in [7, 11) is 1.23. The maximum absolute atomic E-state index is 12.4. The molecule has 0 amide bonds. The highest BCUT2D eigenvalue weighted by molar-refractivity contribution is 5.94. The van der Waals surface area contributed by atoms with Gasteiger partial charge < -0.3 is 4.74 Å². The number of hydrogen-bond acceptors (Lipinski definition) is 3. The number of rotatable bonds is 1. The molecule has 0 saturated carbocycles.